The van der Waals surface area contributed by atoms with Crippen LogP contribution in [0.1, 0.15) is 36.8 Å². The van der Waals surface area contributed by atoms with Crippen LogP contribution in [0, 0.1) is 19.8 Å². The van der Waals surface area contributed by atoms with E-state index in [1.54, 1.807) is 17.0 Å². The minimum atomic E-state index is -3.51. The number of hydrogen-bond donors (Lipinski definition) is 1. The molecule has 7 nitrogen and oxygen atoms in total. The molecule has 1 atom stereocenters. The lowest BCUT2D eigenvalue weighted by Gasteiger charge is -2.25. The summed E-state index contributed by atoms with van der Waals surface area (Å²) in [6.45, 7) is 5.40. The molecule has 32 heavy (non-hydrogen) atoms. The van der Waals surface area contributed by atoms with Gasteiger partial charge in [0.2, 0.25) is 21.8 Å². The molecule has 0 spiro atoms. The van der Waals surface area contributed by atoms with Gasteiger partial charge in [0.1, 0.15) is 0 Å². The number of amides is 2. The fourth-order valence-electron chi connectivity index (χ4n) is 4.35. The molecule has 2 fully saturated rings. The Morgan fingerprint density at radius 3 is 2.38 bits per heavy atom. The van der Waals surface area contributed by atoms with Gasteiger partial charge in [0.05, 0.1) is 10.8 Å². The smallest absolute Gasteiger partial charge is 0.243 e. The van der Waals surface area contributed by atoms with Crippen LogP contribution in [0.15, 0.2) is 47.4 Å². The van der Waals surface area contributed by atoms with Gasteiger partial charge < -0.3 is 10.2 Å². The van der Waals surface area contributed by atoms with Gasteiger partial charge in [-0.1, -0.05) is 18.6 Å². The number of benzene rings is 2. The number of nitrogens with one attached hydrogen (secondary N) is 1. The van der Waals surface area contributed by atoms with Crippen molar-refractivity contribution in [3.05, 3.63) is 53.6 Å². The SMILES string of the molecule is Cc1cccc(N2C[C@@H](C(=O)Nc3ccc(S(=O)(=O)N4CCCCC4)cc3)CC2=O)c1C. The molecule has 8 heteroatoms. The largest absolute Gasteiger partial charge is 0.326 e. The maximum atomic E-state index is 12.8. The van der Waals surface area contributed by atoms with Crippen LogP contribution in [-0.4, -0.2) is 44.2 Å². The maximum Gasteiger partial charge on any atom is 0.243 e. The fourth-order valence-corrected chi connectivity index (χ4v) is 5.87. The summed E-state index contributed by atoms with van der Waals surface area (Å²) in [6, 6.07) is 12.1. The van der Waals surface area contributed by atoms with Crippen LogP contribution in [-0.2, 0) is 19.6 Å². The van der Waals surface area contributed by atoms with Gasteiger partial charge in [-0.25, -0.2) is 8.42 Å². The third-order valence-corrected chi connectivity index (χ3v) is 8.35. The van der Waals surface area contributed by atoms with Crippen LogP contribution >= 0.6 is 0 Å². The number of piperidine rings is 1. The monoisotopic (exact) mass is 455 g/mol. The van der Waals surface area contributed by atoms with Crippen molar-refractivity contribution < 1.29 is 18.0 Å². The fraction of sp³-hybridized carbons (Fsp3) is 0.417. The molecular weight excluding hydrogens is 426 g/mol. The van der Waals surface area contributed by atoms with E-state index in [2.05, 4.69) is 5.32 Å². The molecule has 2 aromatic rings. The van der Waals surface area contributed by atoms with Crippen LogP contribution in [0.3, 0.4) is 0 Å². The van der Waals surface area contributed by atoms with Crippen molar-refractivity contribution in [2.45, 2.75) is 44.4 Å². The maximum absolute atomic E-state index is 12.8. The number of hydrogen-bond acceptors (Lipinski definition) is 4. The molecular formula is C24H29N3O4S. The van der Waals surface area contributed by atoms with E-state index in [1.165, 1.54) is 16.4 Å². The summed E-state index contributed by atoms with van der Waals surface area (Å²) in [6.07, 6.45) is 2.97. The zero-order valence-electron chi connectivity index (χ0n) is 18.5. The van der Waals surface area contributed by atoms with Gasteiger partial charge in [-0.2, -0.15) is 4.31 Å². The highest BCUT2D eigenvalue weighted by Gasteiger charge is 2.36. The van der Waals surface area contributed by atoms with E-state index < -0.39 is 15.9 Å². The zero-order chi connectivity index (χ0) is 22.9. The Labute approximate surface area is 189 Å². The molecule has 2 aliphatic heterocycles. The van der Waals surface area contributed by atoms with E-state index in [0.29, 0.717) is 25.3 Å². The van der Waals surface area contributed by atoms with Crippen molar-refractivity contribution in [1.29, 1.82) is 0 Å². The predicted molar refractivity (Wildman–Crippen MR) is 124 cm³/mol. The third kappa shape index (κ3) is 4.42. The minimum absolute atomic E-state index is 0.0678. The highest BCUT2D eigenvalue weighted by Crippen LogP contribution is 2.30. The summed E-state index contributed by atoms with van der Waals surface area (Å²) in [5, 5.41) is 2.83. The van der Waals surface area contributed by atoms with E-state index in [4.69, 9.17) is 0 Å². The predicted octanol–water partition coefficient (Wildman–Crippen LogP) is 3.47. The Hall–Kier alpha value is -2.71. The molecule has 0 aliphatic carbocycles. The molecule has 2 aromatic carbocycles. The number of sulfonamides is 1. The van der Waals surface area contributed by atoms with E-state index in [0.717, 1.165) is 36.1 Å². The van der Waals surface area contributed by atoms with Crippen molar-refractivity contribution >= 4 is 33.2 Å². The average Bonchev–Trinajstić information content (AvgIpc) is 3.18. The summed E-state index contributed by atoms with van der Waals surface area (Å²) in [7, 11) is -3.51. The van der Waals surface area contributed by atoms with Crippen LogP contribution < -0.4 is 10.2 Å². The van der Waals surface area contributed by atoms with Crippen molar-refractivity contribution in [3.63, 3.8) is 0 Å². The number of aryl methyl sites for hydroxylation is 1. The molecule has 0 radical (unpaired) electrons. The van der Waals surface area contributed by atoms with Crippen molar-refractivity contribution in [2.75, 3.05) is 29.9 Å². The number of carbonyl (C=O) groups excluding carboxylic acids is 2. The first-order valence-electron chi connectivity index (χ1n) is 11.0. The highest BCUT2D eigenvalue weighted by atomic mass is 32.2. The normalized spacial score (nSPS) is 19.9. The summed E-state index contributed by atoms with van der Waals surface area (Å²) >= 11 is 0. The molecule has 0 aromatic heterocycles. The van der Waals surface area contributed by atoms with Crippen molar-refractivity contribution in [3.8, 4) is 0 Å². The van der Waals surface area contributed by atoms with E-state index in [1.807, 2.05) is 32.0 Å². The Balaban J connectivity index is 1.42. The van der Waals surface area contributed by atoms with Gasteiger partial charge in [-0.3, -0.25) is 9.59 Å². The molecule has 2 amide bonds. The summed E-state index contributed by atoms with van der Waals surface area (Å²) in [5.41, 5.74) is 3.50. The van der Waals surface area contributed by atoms with Crippen LogP contribution in [0.25, 0.3) is 0 Å². The zero-order valence-corrected chi connectivity index (χ0v) is 19.3. The number of rotatable bonds is 5. The second-order valence-corrected chi connectivity index (χ2v) is 10.5. The molecule has 2 aliphatic rings. The topological polar surface area (TPSA) is 86.8 Å². The first-order valence-corrected chi connectivity index (χ1v) is 12.5. The van der Waals surface area contributed by atoms with Crippen LogP contribution in [0.4, 0.5) is 11.4 Å². The molecule has 1 N–H and O–H groups in total. The van der Waals surface area contributed by atoms with E-state index >= 15 is 0 Å². The lowest BCUT2D eigenvalue weighted by Crippen LogP contribution is -2.35. The second-order valence-electron chi connectivity index (χ2n) is 8.60. The van der Waals surface area contributed by atoms with Crippen molar-refractivity contribution in [1.82, 2.24) is 4.31 Å². The Morgan fingerprint density at radius 1 is 1.00 bits per heavy atom. The number of anilines is 2. The molecule has 2 saturated heterocycles. The number of carbonyl (C=O) groups is 2. The van der Waals surface area contributed by atoms with E-state index in [-0.39, 0.29) is 23.1 Å². The molecule has 0 saturated carbocycles. The summed E-state index contributed by atoms with van der Waals surface area (Å²) < 4.78 is 27.1. The van der Waals surface area contributed by atoms with Gasteiger partial charge in [-0.05, 0) is 68.1 Å². The third-order valence-electron chi connectivity index (χ3n) is 6.44. The molecule has 0 bridgehead atoms. The molecule has 0 unspecified atom stereocenters. The molecule has 170 valence electrons. The Kier molecular flexibility index (Phi) is 6.35. The standard InChI is InChI=1S/C24H29N3O4S/c1-17-7-6-8-22(18(17)2)27-16-19(15-23(27)28)24(29)25-20-9-11-21(12-10-20)32(30,31)26-13-4-3-5-14-26/h6-12,19H,3-5,13-16H2,1-2H3,(H,25,29)/t19-/m0/s1. The quantitative estimate of drug-likeness (QED) is 0.748. The lowest BCUT2D eigenvalue weighted by molar-refractivity contribution is -0.122. The molecule has 4 rings (SSSR count). The van der Waals surface area contributed by atoms with Crippen molar-refractivity contribution in [2.24, 2.45) is 5.92 Å². The lowest BCUT2D eigenvalue weighted by atomic mass is 10.1. The summed E-state index contributed by atoms with van der Waals surface area (Å²) in [5.74, 6) is -0.765. The number of nitrogens with zero attached hydrogens (tertiary/aromatic N) is 2. The van der Waals surface area contributed by atoms with Gasteiger partial charge in [0.25, 0.3) is 0 Å². The van der Waals surface area contributed by atoms with Gasteiger partial charge >= 0.3 is 0 Å². The first kappa shape index (κ1) is 22.5. The second kappa shape index (κ2) is 9.03. The Morgan fingerprint density at radius 2 is 1.69 bits per heavy atom. The minimum Gasteiger partial charge on any atom is -0.326 e. The van der Waals surface area contributed by atoms with Gasteiger partial charge in [-0.15, -0.1) is 0 Å². The molecule has 2 heterocycles. The highest BCUT2D eigenvalue weighted by molar-refractivity contribution is 7.89. The van der Waals surface area contributed by atoms with Gasteiger partial charge in [0, 0.05) is 37.4 Å². The van der Waals surface area contributed by atoms with E-state index in [9.17, 15) is 18.0 Å². The first-order chi connectivity index (χ1) is 15.3. The van der Waals surface area contributed by atoms with Crippen LogP contribution in [0.2, 0.25) is 0 Å². The summed E-state index contributed by atoms with van der Waals surface area (Å²) in [4.78, 5) is 27.3. The average molecular weight is 456 g/mol. The van der Waals surface area contributed by atoms with Crippen LogP contribution in [0.5, 0.6) is 0 Å². The van der Waals surface area contributed by atoms with Gasteiger partial charge in [0.15, 0.2) is 0 Å². The Bertz CT molecular complexity index is 1120.